The van der Waals surface area contributed by atoms with E-state index in [1.54, 1.807) is 0 Å². The molecular formula is C19H23N3O2. The first kappa shape index (κ1) is 15.4. The van der Waals surface area contributed by atoms with Crippen LogP contribution in [-0.2, 0) is 16.6 Å². The van der Waals surface area contributed by atoms with Crippen molar-refractivity contribution in [3.05, 3.63) is 47.6 Å². The first-order valence-corrected chi connectivity index (χ1v) is 8.94. The molecule has 1 N–H and O–H groups in total. The Balaban J connectivity index is 1.41. The van der Waals surface area contributed by atoms with Crippen molar-refractivity contribution in [2.24, 2.45) is 0 Å². The summed E-state index contributed by atoms with van der Waals surface area (Å²) in [6.45, 7) is 0. The summed E-state index contributed by atoms with van der Waals surface area (Å²) in [5.74, 6) is 1.13. The molecule has 1 aromatic carbocycles. The smallest absolute Gasteiger partial charge is 0.237 e. The standard InChI is InChI=1S/C19H23N3O2/c23-17(20-15-9-5-2-6-10-15)13-16-21-18(24-22-16)19(11-12-19)14-7-3-1-4-8-14/h1,3-4,7-8,15H,2,5-6,9-13H2,(H,20,23). The average Bonchev–Trinajstić information content (AvgIpc) is 3.30. The van der Waals surface area contributed by atoms with Crippen molar-refractivity contribution >= 4 is 5.91 Å². The third kappa shape index (κ3) is 3.07. The molecular weight excluding hydrogens is 302 g/mol. The van der Waals surface area contributed by atoms with Crippen LogP contribution in [0.1, 0.15) is 62.2 Å². The number of hydrogen-bond donors (Lipinski definition) is 1. The zero-order valence-corrected chi connectivity index (χ0v) is 13.8. The highest BCUT2D eigenvalue weighted by Gasteiger charge is 2.50. The molecule has 1 aromatic heterocycles. The molecule has 2 saturated carbocycles. The minimum Gasteiger partial charge on any atom is -0.353 e. The van der Waals surface area contributed by atoms with Gasteiger partial charge in [-0.2, -0.15) is 4.98 Å². The molecule has 2 aliphatic carbocycles. The van der Waals surface area contributed by atoms with Crippen molar-refractivity contribution in [3.8, 4) is 0 Å². The van der Waals surface area contributed by atoms with Crippen LogP contribution < -0.4 is 5.32 Å². The molecule has 0 bridgehead atoms. The van der Waals surface area contributed by atoms with E-state index in [0.717, 1.165) is 25.7 Å². The van der Waals surface area contributed by atoms with Gasteiger partial charge in [0, 0.05) is 6.04 Å². The van der Waals surface area contributed by atoms with Crippen LogP contribution in [-0.4, -0.2) is 22.1 Å². The van der Waals surface area contributed by atoms with E-state index in [9.17, 15) is 4.79 Å². The van der Waals surface area contributed by atoms with E-state index in [1.807, 2.05) is 18.2 Å². The SMILES string of the molecule is O=C(Cc1noc(C2(c3ccccc3)CC2)n1)NC1CCCCC1. The van der Waals surface area contributed by atoms with Crippen molar-refractivity contribution in [1.82, 2.24) is 15.5 Å². The van der Waals surface area contributed by atoms with Gasteiger partial charge in [-0.1, -0.05) is 54.8 Å². The molecule has 0 unspecified atom stereocenters. The van der Waals surface area contributed by atoms with Gasteiger partial charge < -0.3 is 9.84 Å². The Bertz CT molecular complexity index is 700. The molecule has 0 atom stereocenters. The third-order valence-corrected chi connectivity index (χ3v) is 5.24. The molecule has 126 valence electrons. The number of carbonyl (C=O) groups excluding carboxylic acids is 1. The largest absolute Gasteiger partial charge is 0.353 e. The molecule has 1 heterocycles. The fourth-order valence-electron chi connectivity index (χ4n) is 3.70. The molecule has 2 aliphatic rings. The fourth-order valence-corrected chi connectivity index (χ4v) is 3.70. The van der Waals surface area contributed by atoms with Crippen molar-refractivity contribution in [2.45, 2.75) is 62.8 Å². The van der Waals surface area contributed by atoms with Gasteiger partial charge in [-0.25, -0.2) is 0 Å². The quantitative estimate of drug-likeness (QED) is 0.917. The van der Waals surface area contributed by atoms with Crippen LogP contribution >= 0.6 is 0 Å². The number of benzene rings is 1. The van der Waals surface area contributed by atoms with Gasteiger partial charge in [0.25, 0.3) is 0 Å². The number of nitrogens with one attached hydrogen (secondary N) is 1. The van der Waals surface area contributed by atoms with Crippen LogP contribution in [0.2, 0.25) is 0 Å². The molecule has 0 saturated heterocycles. The minimum absolute atomic E-state index is 0.00110. The highest BCUT2D eigenvalue weighted by atomic mass is 16.5. The minimum atomic E-state index is -0.133. The molecule has 24 heavy (non-hydrogen) atoms. The van der Waals surface area contributed by atoms with Gasteiger partial charge in [0.05, 0.1) is 11.8 Å². The van der Waals surface area contributed by atoms with Gasteiger partial charge in [0.1, 0.15) is 0 Å². The number of aromatic nitrogens is 2. The second kappa shape index (κ2) is 6.38. The lowest BCUT2D eigenvalue weighted by molar-refractivity contribution is -0.121. The maximum atomic E-state index is 12.2. The van der Waals surface area contributed by atoms with Crippen molar-refractivity contribution in [2.75, 3.05) is 0 Å². The summed E-state index contributed by atoms with van der Waals surface area (Å²) in [5.41, 5.74) is 1.08. The van der Waals surface area contributed by atoms with E-state index >= 15 is 0 Å². The van der Waals surface area contributed by atoms with E-state index in [-0.39, 0.29) is 17.7 Å². The van der Waals surface area contributed by atoms with Crippen LogP contribution in [0, 0.1) is 0 Å². The predicted octanol–water partition coefficient (Wildman–Crippen LogP) is 3.14. The van der Waals surface area contributed by atoms with Gasteiger partial charge in [-0.15, -0.1) is 0 Å². The van der Waals surface area contributed by atoms with Crippen LogP contribution in [0.25, 0.3) is 0 Å². The molecule has 5 nitrogen and oxygen atoms in total. The lowest BCUT2D eigenvalue weighted by Gasteiger charge is -2.22. The van der Waals surface area contributed by atoms with Crippen LogP contribution in [0.3, 0.4) is 0 Å². The number of amides is 1. The van der Waals surface area contributed by atoms with Crippen LogP contribution in [0.4, 0.5) is 0 Å². The van der Waals surface area contributed by atoms with Crippen LogP contribution in [0.15, 0.2) is 34.9 Å². The molecule has 1 amide bonds. The highest BCUT2D eigenvalue weighted by Crippen LogP contribution is 2.52. The Kier molecular flexibility index (Phi) is 4.08. The number of nitrogens with zero attached hydrogens (tertiary/aromatic N) is 2. The summed E-state index contributed by atoms with van der Waals surface area (Å²) in [6, 6.07) is 10.6. The molecule has 5 heteroatoms. The molecule has 2 fully saturated rings. The number of carbonyl (C=O) groups is 1. The second-order valence-electron chi connectivity index (χ2n) is 7.04. The van der Waals surface area contributed by atoms with Gasteiger partial charge in [0.2, 0.25) is 11.8 Å². The molecule has 4 rings (SSSR count). The Morgan fingerprint density at radius 3 is 2.62 bits per heavy atom. The first-order chi connectivity index (χ1) is 11.8. The molecule has 0 spiro atoms. The number of rotatable bonds is 5. The highest BCUT2D eigenvalue weighted by molar-refractivity contribution is 5.78. The lowest BCUT2D eigenvalue weighted by atomic mass is 9.95. The number of hydrogen-bond acceptors (Lipinski definition) is 4. The first-order valence-electron chi connectivity index (χ1n) is 8.94. The normalized spacial score (nSPS) is 19.8. The Morgan fingerprint density at radius 1 is 1.17 bits per heavy atom. The Morgan fingerprint density at radius 2 is 1.92 bits per heavy atom. The fraction of sp³-hybridized carbons (Fsp3) is 0.526. The predicted molar refractivity (Wildman–Crippen MR) is 89.5 cm³/mol. The zero-order valence-electron chi connectivity index (χ0n) is 13.8. The topological polar surface area (TPSA) is 68.0 Å². The van der Waals surface area contributed by atoms with Crippen molar-refractivity contribution in [3.63, 3.8) is 0 Å². The monoisotopic (exact) mass is 325 g/mol. The van der Waals surface area contributed by atoms with Crippen molar-refractivity contribution < 1.29 is 9.32 Å². The van der Waals surface area contributed by atoms with E-state index in [2.05, 4.69) is 27.6 Å². The maximum Gasteiger partial charge on any atom is 0.237 e. The second-order valence-corrected chi connectivity index (χ2v) is 7.04. The molecule has 0 aliphatic heterocycles. The van der Waals surface area contributed by atoms with Gasteiger partial charge >= 0.3 is 0 Å². The van der Waals surface area contributed by atoms with Crippen molar-refractivity contribution in [1.29, 1.82) is 0 Å². The lowest BCUT2D eigenvalue weighted by Crippen LogP contribution is -2.37. The maximum absolute atomic E-state index is 12.2. The average molecular weight is 325 g/mol. The van der Waals surface area contributed by atoms with Gasteiger partial charge in [-0.3, -0.25) is 4.79 Å². The molecule has 0 radical (unpaired) electrons. The van der Waals surface area contributed by atoms with E-state index in [1.165, 1.54) is 24.8 Å². The summed E-state index contributed by atoms with van der Waals surface area (Å²) in [6.07, 6.45) is 8.10. The van der Waals surface area contributed by atoms with Gasteiger partial charge in [0.15, 0.2) is 5.82 Å². The van der Waals surface area contributed by atoms with Crippen LogP contribution in [0.5, 0.6) is 0 Å². The third-order valence-electron chi connectivity index (χ3n) is 5.24. The van der Waals surface area contributed by atoms with E-state index in [4.69, 9.17) is 4.52 Å². The Hall–Kier alpha value is -2.17. The van der Waals surface area contributed by atoms with E-state index in [0.29, 0.717) is 17.8 Å². The Labute approximate surface area is 141 Å². The summed E-state index contributed by atoms with van der Waals surface area (Å²) in [4.78, 5) is 16.7. The van der Waals surface area contributed by atoms with E-state index < -0.39 is 0 Å². The summed E-state index contributed by atoms with van der Waals surface area (Å²) in [7, 11) is 0. The van der Waals surface area contributed by atoms with Gasteiger partial charge in [-0.05, 0) is 31.2 Å². The summed E-state index contributed by atoms with van der Waals surface area (Å²) < 4.78 is 5.50. The zero-order chi connectivity index (χ0) is 16.4. The summed E-state index contributed by atoms with van der Waals surface area (Å²) in [5, 5.41) is 7.14. The molecule has 2 aromatic rings. The summed E-state index contributed by atoms with van der Waals surface area (Å²) >= 11 is 0.